The maximum Gasteiger partial charge on any atom is 0.191 e. The van der Waals surface area contributed by atoms with E-state index in [1.165, 1.54) is 4.88 Å². The van der Waals surface area contributed by atoms with E-state index in [0.29, 0.717) is 6.54 Å². The van der Waals surface area contributed by atoms with E-state index < -0.39 is 0 Å². The lowest BCUT2D eigenvalue weighted by Crippen LogP contribution is -2.38. The first kappa shape index (κ1) is 23.7. The van der Waals surface area contributed by atoms with E-state index in [2.05, 4.69) is 54.4 Å². The third-order valence-electron chi connectivity index (χ3n) is 3.64. The number of halogens is 1. The van der Waals surface area contributed by atoms with Gasteiger partial charge in [0, 0.05) is 43.2 Å². The highest BCUT2D eigenvalue weighted by atomic mass is 127. The molecule has 5 nitrogen and oxygen atoms in total. The zero-order chi connectivity index (χ0) is 19.0. The Morgan fingerprint density at radius 1 is 1.22 bits per heavy atom. The Bertz CT molecular complexity index is 725. The maximum absolute atomic E-state index is 6.04. The molecule has 0 bridgehead atoms. The van der Waals surface area contributed by atoms with Crippen molar-refractivity contribution in [3.05, 3.63) is 45.9 Å². The van der Waals surface area contributed by atoms with Gasteiger partial charge in [0.15, 0.2) is 5.96 Å². The van der Waals surface area contributed by atoms with Crippen LogP contribution in [0.3, 0.4) is 0 Å². The molecular weight excluding hydrogens is 471 g/mol. The Kier molecular flexibility index (Phi) is 10.1. The number of nitrogens with zero attached hydrogens (tertiary/aromatic N) is 2. The number of guanidine groups is 1. The Morgan fingerprint density at radius 3 is 2.59 bits per heavy atom. The van der Waals surface area contributed by atoms with Gasteiger partial charge >= 0.3 is 0 Å². The molecule has 0 unspecified atom stereocenters. The Labute approximate surface area is 184 Å². The van der Waals surface area contributed by atoms with Crippen LogP contribution in [0.4, 0.5) is 0 Å². The number of hydrogen-bond donors (Lipinski definition) is 2. The summed E-state index contributed by atoms with van der Waals surface area (Å²) in [5, 5.41) is 7.87. The zero-order valence-corrected chi connectivity index (χ0v) is 20.0. The summed E-state index contributed by atoms with van der Waals surface area (Å²) in [4.78, 5) is 10.1. The molecule has 2 aromatic rings. The van der Waals surface area contributed by atoms with Crippen LogP contribution in [-0.4, -0.2) is 30.1 Å². The molecule has 27 heavy (non-hydrogen) atoms. The van der Waals surface area contributed by atoms with E-state index in [1.54, 1.807) is 18.4 Å². The molecule has 1 aromatic carbocycles. The first-order valence-electron chi connectivity index (χ1n) is 9.06. The standard InChI is InChI=1S/C20H30N4OS.HI/c1-6-16-14-23-18(26-16)11-12-22-19(21-5)24-13-15-9-7-8-10-17(15)25-20(2,3)4;/h7-10,14H,6,11-13H2,1-5H3,(H2,21,22,24);1H. The van der Waals surface area contributed by atoms with Gasteiger partial charge in [-0.05, 0) is 33.3 Å². The van der Waals surface area contributed by atoms with Crippen LogP contribution in [-0.2, 0) is 19.4 Å². The summed E-state index contributed by atoms with van der Waals surface area (Å²) in [6.45, 7) is 9.78. The van der Waals surface area contributed by atoms with Crippen LogP contribution < -0.4 is 15.4 Å². The molecule has 0 atom stereocenters. The van der Waals surface area contributed by atoms with Gasteiger partial charge in [0.2, 0.25) is 0 Å². The second kappa shape index (κ2) is 11.5. The number of para-hydroxylation sites is 1. The molecule has 0 radical (unpaired) electrons. The van der Waals surface area contributed by atoms with Crippen LogP contribution in [0, 0.1) is 0 Å². The third kappa shape index (κ3) is 8.47. The van der Waals surface area contributed by atoms with Crippen LogP contribution in [0.5, 0.6) is 5.75 Å². The Hall–Kier alpha value is -1.35. The predicted molar refractivity (Wildman–Crippen MR) is 126 cm³/mol. The number of rotatable bonds is 7. The molecule has 0 aliphatic carbocycles. The number of aromatic nitrogens is 1. The van der Waals surface area contributed by atoms with Gasteiger partial charge in [0.1, 0.15) is 11.4 Å². The lowest BCUT2D eigenvalue weighted by Gasteiger charge is -2.23. The number of aliphatic imine (C=N–C) groups is 1. The molecule has 0 amide bonds. The molecule has 0 aliphatic heterocycles. The van der Waals surface area contributed by atoms with Crippen molar-refractivity contribution in [3.8, 4) is 5.75 Å². The number of ether oxygens (including phenoxy) is 1. The van der Waals surface area contributed by atoms with Crippen molar-refractivity contribution in [2.45, 2.75) is 52.7 Å². The summed E-state index contributed by atoms with van der Waals surface area (Å²) in [7, 11) is 1.78. The molecular formula is C20H31IN4OS. The van der Waals surface area contributed by atoms with Gasteiger partial charge in [-0.3, -0.25) is 4.99 Å². The van der Waals surface area contributed by atoms with Crippen molar-refractivity contribution in [2.24, 2.45) is 4.99 Å². The van der Waals surface area contributed by atoms with Crippen molar-refractivity contribution >= 4 is 41.3 Å². The summed E-state index contributed by atoms with van der Waals surface area (Å²) in [5.74, 6) is 1.68. The zero-order valence-electron chi connectivity index (χ0n) is 16.8. The average molecular weight is 502 g/mol. The van der Waals surface area contributed by atoms with Crippen molar-refractivity contribution in [3.63, 3.8) is 0 Å². The minimum Gasteiger partial charge on any atom is -0.488 e. The van der Waals surface area contributed by atoms with Crippen LogP contribution >= 0.6 is 35.3 Å². The van der Waals surface area contributed by atoms with E-state index in [-0.39, 0.29) is 29.6 Å². The minimum absolute atomic E-state index is 0. The van der Waals surface area contributed by atoms with E-state index in [0.717, 1.165) is 41.7 Å². The number of nitrogens with one attached hydrogen (secondary N) is 2. The smallest absolute Gasteiger partial charge is 0.191 e. The monoisotopic (exact) mass is 502 g/mol. The summed E-state index contributed by atoms with van der Waals surface area (Å²) in [6, 6.07) is 8.10. The van der Waals surface area contributed by atoms with E-state index in [1.807, 2.05) is 24.4 Å². The van der Waals surface area contributed by atoms with E-state index >= 15 is 0 Å². The topological polar surface area (TPSA) is 58.5 Å². The van der Waals surface area contributed by atoms with Crippen LogP contribution in [0.15, 0.2) is 35.5 Å². The summed E-state index contributed by atoms with van der Waals surface area (Å²) in [5.41, 5.74) is 0.888. The highest BCUT2D eigenvalue weighted by Crippen LogP contribution is 2.22. The summed E-state index contributed by atoms with van der Waals surface area (Å²) in [6.07, 6.45) is 3.92. The largest absolute Gasteiger partial charge is 0.488 e. The van der Waals surface area contributed by atoms with Crippen molar-refractivity contribution in [2.75, 3.05) is 13.6 Å². The predicted octanol–water partition coefficient (Wildman–Crippen LogP) is 4.41. The fraction of sp³-hybridized carbons (Fsp3) is 0.500. The van der Waals surface area contributed by atoms with Crippen molar-refractivity contribution in [1.82, 2.24) is 15.6 Å². The second-order valence-electron chi connectivity index (χ2n) is 7.00. The average Bonchev–Trinajstić information content (AvgIpc) is 3.05. The van der Waals surface area contributed by atoms with Crippen molar-refractivity contribution < 1.29 is 4.74 Å². The molecule has 2 N–H and O–H groups in total. The number of thiazole rings is 1. The van der Waals surface area contributed by atoms with Gasteiger partial charge in [-0.25, -0.2) is 4.98 Å². The molecule has 1 aromatic heterocycles. The molecule has 0 fully saturated rings. The van der Waals surface area contributed by atoms with Gasteiger partial charge in [-0.1, -0.05) is 25.1 Å². The highest BCUT2D eigenvalue weighted by Gasteiger charge is 2.14. The van der Waals surface area contributed by atoms with Crippen LogP contribution in [0.2, 0.25) is 0 Å². The Morgan fingerprint density at radius 2 is 1.96 bits per heavy atom. The summed E-state index contributed by atoms with van der Waals surface area (Å²) < 4.78 is 6.04. The van der Waals surface area contributed by atoms with Gasteiger partial charge in [0.05, 0.1) is 5.01 Å². The summed E-state index contributed by atoms with van der Waals surface area (Å²) >= 11 is 1.78. The molecule has 0 saturated heterocycles. The van der Waals surface area contributed by atoms with Crippen LogP contribution in [0.25, 0.3) is 0 Å². The first-order valence-corrected chi connectivity index (χ1v) is 9.88. The van der Waals surface area contributed by atoms with E-state index in [4.69, 9.17) is 4.74 Å². The third-order valence-corrected chi connectivity index (χ3v) is 4.84. The fourth-order valence-electron chi connectivity index (χ4n) is 2.39. The van der Waals surface area contributed by atoms with E-state index in [9.17, 15) is 0 Å². The van der Waals surface area contributed by atoms with Gasteiger partial charge in [0.25, 0.3) is 0 Å². The van der Waals surface area contributed by atoms with Crippen LogP contribution in [0.1, 0.15) is 43.1 Å². The van der Waals surface area contributed by atoms with Gasteiger partial charge in [-0.15, -0.1) is 35.3 Å². The normalized spacial score (nSPS) is 11.7. The minimum atomic E-state index is -0.221. The molecule has 150 valence electrons. The first-order chi connectivity index (χ1) is 12.4. The fourth-order valence-corrected chi connectivity index (χ4v) is 3.26. The van der Waals surface area contributed by atoms with Gasteiger partial charge in [-0.2, -0.15) is 0 Å². The van der Waals surface area contributed by atoms with Crippen molar-refractivity contribution in [1.29, 1.82) is 0 Å². The highest BCUT2D eigenvalue weighted by molar-refractivity contribution is 14.0. The molecule has 0 saturated carbocycles. The number of hydrogen-bond acceptors (Lipinski definition) is 4. The molecule has 1 heterocycles. The maximum atomic E-state index is 6.04. The number of benzene rings is 1. The lowest BCUT2D eigenvalue weighted by molar-refractivity contribution is 0.129. The number of aryl methyl sites for hydroxylation is 1. The molecule has 0 aliphatic rings. The molecule has 0 spiro atoms. The Balaban J connectivity index is 0.00000364. The molecule has 2 rings (SSSR count). The van der Waals surface area contributed by atoms with Gasteiger partial charge < -0.3 is 15.4 Å². The molecule has 7 heteroatoms. The SMILES string of the molecule is CCc1cnc(CCNC(=NC)NCc2ccccc2OC(C)(C)C)s1.I. The quantitative estimate of drug-likeness (QED) is 0.335. The lowest BCUT2D eigenvalue weighted by atomic mass is 10.1. The second-order valence-corrected chi connectivity index (χ2v) is 8.20.